The first kappa shape index (κ1) is 19.7. The maximum Gasteiger partial charge on any atom is 0.330 e. The third-order valence-electron chi connectivity index (χ3n) is 5.35. The molecular weight excluding hydrogens is 331 g/mol. The van der Waals surface area contributed by atoms with Gasteiger partial charge >= 0.3 is 7.48 Å². The molecule has 0 amide bonds. The number of benzene rings is 2. The van der Waals surface area contributed by atoms with Crippen LogP contribution in [0.4, 0.5) is 0 Å². The highest BCUT2D eigenvalue weighted by Gasteiger charge is 2.35. The first-order valence-electron chi connectivity index (χ1n) is 9.57. The first-order chi connectivity index (χ1) is 12.8. The van der Waals surface area contributed by atoms with Gasteiger partial charge in [-0.3, -0.25) is 0 Å². The average Bonchev–Trinajstić information content (AvgIpc) is 2.67. The Labute approximate surface area is 163 Å². The number of hydrogen-bond acceptors (Lipinski definition) is 2. The average molecular weight is 359 g/mol. The van der Waals surface area contributed by atoms with Gasteiger partial charge in [-0.15, -0.1) is 0 Å². The quantitative estimate of drug-likeness (QED) is 0.744. The van der Waals surface area contributed by atoms with Crippen molar-refractivity contribution in [2.24, 2.45) is 0 Å². The van der Waals surface area contributed by atoms with Gasteiger partial charge < -0.3 is 9.76 Å². The van der Waals surface area contributed by atoms with Crippen molar-refractivity contribution in [2.75, 3.05) is 0 Å². The Kier molecular flexibility index (Phi) is 5.73. The van der Waals surface area contributed by atoms with Crippen LogP contribution in [-0.4, -0.2) is 23.8 Å². The number of rotatable bonds is 6. The molecule has 0 heterocycles. The van der Waals surface area contributed by atoms with Gasteiger partial charge in [-0.1, -0.05) is 66.2 Å². The summed E-state index contributed by atoms with van der Waals surface area (Å²) >= 11 is 0. The van der Waals surface area contributed by atoms with Crippen molar-refractivity contribution >= 4 is 18.5 Å². The van der Waals surface area contributed by atoms with E-state index in [0.29, 0.717) is 0 Å². The Bertz CT molecular complexity index is 842. The van der Waals surface area contributed by atoms with Gasteiger partial charge in [-0.2, -0.15) is 0 Å². The number of allylic oxidation sites excluding steroid dienone is 4. The zero-order valence-electron chi connectivity index (χ0n) is 16.7. The summed E-state index contributed by atoms with van der Waals surface area (Å²) in [5, 5.41) is 10.4. The van der Waals surface area contributed by atoms with E-state index in [9.17, 15) is 5.11 Å². The van der Waals surface area contributed by atoms with E-state index in [-0.39, 0.29) is 0 Å². The van der Waals surface area contributed by atoms with Gasteiger partial charge in [0.15, 0.2) is 0 Å². The van der Waals surface area contributed by atoms with E-state index in [1.807, 2.05) is 19.9 Å². The summed E-state index contributed by atoms with van der Waals surface area (Å²) in [5.41, 5.74) is 4.11. The summed E-state index contributed by atoms with van der Waals surface area (Å²) < 4.78 is 6.00. The summed E-state index contributed by atoms with van der Waals surface area (Å²) in [5.74, 6) is 0. The molecule has 27 heavy (non-hydrogen) atoms. The van der Waals surface area contributed by atoms with Gasteiger partial charge in [-0.05, 0) is 68.9 Å². The third-order valence-corrected chi connectivity index (χ3v) is 5.35. The molecule has 0 spiro atoms. The topological polar surface area (TPSA) is 29.5 Å². The predicted octanol–water partition coefficient (Wildman–Crippen LogP) is 4.90. The Morgan fingerprint density at radius 2 is 1.59 bits per heavy atom. The molecule has 2 nitrogen and oxygen atoms in total. The molecule has 2 aromatic carbocycles. The molecule has 1 aliphatic carbocycles. The summed E-state index contributed by atoms with van der Waals surface area (Å²) in [4.78, 5) is 0. The lowest BCUT2D eigenvalue weighted by atomic mass is 9.80. The Balaban J connectivity index is 1.95. The molecule has 0 fully saturated rings. The van der Waals surface area contributed by atoms with Crippen LogP contribution in [0.15, 0.2) is 66.8 Å². The summed E-state index contributed by atoms with van der Waals surface area (Å²) in [6.45, 7) is 7.34. The Hall–Kier alpha value is -2.10. The molecule has 0 aromatic heterocycles. The fraction of sp³-hybridized carbons (Fsp3) is 0.333. The van der Waals surface area contributed by atoms with E-state index in [4.69, 9.17) is 4.65 Å². The summed E-state index contributed by atoms with van der Waals surface area (Å²) in [6, 6.07) is 16.9. The van der Waals surface area contributed by atoms with E-state index in [1.165, 1.54) is 16.7 Å². The van der Waals surface area contributed by atoms with Gasteiger partial charge in [0.25, 0.3) is 0 Å². The second-order valence-electron chi connectivity index (χ2n) is 8.15. The first-order valence-corrected chi connectivity index (χ1v) is 9.57. The molecule has 3 heteroatoms. The van der Waals surface area contributed by atoms with Crippen molar-refractivity contribution in [1.82, 2.24) is 0 Å². The summed E-state index contributed by atoms with van der Waals surface area (Å²) in [6.07, 6.45) is 8.88. The highest BCUT2D eigenvalue weighted by molar-refractivity contribution is 6.47. The number of hydrogen-bond donors (Lipinski definition) is 1. The fourth-order valence-corrected chi connectivity index (χ4v) is 2.87. The van der Waals surface area contributed by atoms with Gasteiger partial charge in [0, 0.05) is 0 Å². The lowest BCUT2D eigenvalue weighted by molar-refractivity contribution is -0.0893. The normalized spacial score (nSPS) is 14.8. The zero-order chi connectivity index (χ0) is 19.5. The van der Waals surface area contributed by atoms with E-state index in [1.54, 1.807) is 21.3 Å². The van der Waals surface area contributed by atoms with Crippen molar-refractivity contribution in [3.63, 3.8) is 0 Å². The SMILES string of the molecule is CC(C)(O)C(C)(C)O[B]c1cc(C2=CCCC=C2)cc(-c2ccccc2)c1. The van der Waals surface area contributed by atoms with Crippen LogP contribution in [0, 0.1) is 0 Å². The van der Waals surface area contributed by atoms with Crippen molar-refractivity contribution in [1.29, 1.82) is 0 Å². The van der Waals surface area contributed by atoms with E-state index < -0.39 is 11.2 Å². The summed E-state index contributed by atoms with van der Waals surface area (Å²) in [7, 11) is 1.76. The molecule has 1 radical (unpaired) electrons. The van der Waals surface area contributed by atoms with Crippen LogP contribution in [0.25, 0.3) is 16.7 Å². The smallest absolute Gasteiger partial charge is 0.330 e. The van der Waals surface area contributed by atoms with E-state index >= 15 is 0 Å². The van der Waals surface area contributed by atoms with E-state index in [2.05, 4.69) is 60.7 Å². The maximum atomic E-state index is 10.4. The second kappa shape index (κ2) is 7.88. The molecule has 2 aromatic rings. The number of aliphatic hydroxyl groups is 1. The van der Waals surface area contributed by atoms with Gasteiger partial charge in [-0.25, -0.2) is 0 Å². The molecule has 1 aliphatic rings. The molecule has 139 valence electrons. The lowest BCUT2D eigenvalue weighted by Gasteiger charge is -2.37. The molecule has 0 saturated heterocycles. The minimum atomic E-state index is -0.946. The molecule has 0 unspecified atom stereocenters. The van der Waals surface area contributed by atoms with Crippen molar-refractivity contribution in [2.45, 2.75) is 51.7 Å². The van der Waals surface area contributed by atoms with Crippen molar-refractivity contribution < 1.29 is 9.76 Å². The maximum absolute atomic E-state index is 10.4. The lowest BCUT2D eigenvalue weighted by Crippen LogP contribution is -2.49. The van der Waals surface area contributed by atoms with Gasteiger partial charge in [0.1, 0.15) is 0 Å². The van der Waals surface area contributed by atoms with Crippen LogP contribution in [-0.2, 0) is 4.65 Å². The van der Waals surface area contributed by atoms with Gasteiger partial charge in [0.05, 0.1) is 11.2 Å². The van der Waals surface area contributed by atoms with Crippen molar-refractivity contribution in [3.8, 4) is 11.1 Å². The third kappa shape index (κ3) is 4.80. The monoisotopic (exact) mass is 359 g/mol. The van der Waals surface area contributed by atoms with Crippen LogP contribution in [0.5, 0.6) is 0 Å². The van der Waals surface area contributed by atoms with Crippen LogP contribution in [0.3, 0.4) is 0 Å². The fourth-order valence-electron chi connectivity index (χ4n) is 2.87. The molecule has 0 atom stereocenters. The van der Waals surface area contributed by atoms with Crippen LogP contribution >= 0.6 is 0 Å². The Morgan fingerprint density at radius 3 is 2.22 bits per heavy atom. The second-order valence-corrected chi connectivity index (χ2v) is 8.15. The molecule has 0 bridgehead atoms. The van der Waals surface area contributed by atoms with E-state index in [0.717, 1.165) is 23.9 Å². The highest BCUT2D eigenvalue weighted by Crippen LogP contribution is 2.27. The molecule has 0 saturated carbocycles. The zero-order valence-corrected chi connectivity index (χ0v) is 16.7. The highest BCUT2D eigenvalue weighted by atomic mass is 16.5. The Morgan fingerprint density at radius 1 is 0.889 bits per heavy atom. The standard InChI is InChI=1S/C24H28BO2/c1-23(2,26)24(3,4)27-25-22-16-20(18-11-7-5-8-12-18)15-21(17-22)19-13-9-6-10-14-19/h5,7-9,11-17,26H,6,10H2,1-4H3. The minimum Gasteiger partial charge on any atom is -0.427 e. The molecule has 3 rings (SSSR count). The largest absolute Gasteiger partial charge is 0.427 e. The predicted molar refractivity (Wildman–Crippen MR) is 115 cm³/mol. The van der Waals surface area contributed by atoms with Crippen molar-refractivity contribution in [3.05, 3.63) is 72.3 Å². The van der Waals surface area contributed by atoms with Gasteiger partial charge in [0.2, 0.25) is 0 Å². The molecule has 1 N–H and O–H groups in total. The van der Waals surface area contributed by atoms with Crippen LogP contribution in [0.1, 0.15) is 46.1 Å². The minimum absolute atomic E-state index is 0.695. The molecule has 0 aliphatic heterocycles. The van der Waals surface area contributed by atoms with Crippen LogP contribution < -0.4 is 5.46 Å². The van der Waals surface area contributed by atoms with Crippen LogP contribution in [0.2, 0.25) is 0 Å². The molecular formula is C24H28BO2.